The van der Waals surface area contributed by atoms with Gasteiger partial charge in [-0.2, -0.15) is 0 Å². The SMILES string of the molecule is CCc1cc2c(cc1CCN1CCNCC1)OCO2. The van der Waals surface area contributed by atoms with E-state index in [9.17, 15) is 0 Å². The summed E-state index contributed by atoms with van der Waals surface area (Å²) < 4.78 is 10.9. The molecule has 0 saturated carbocycles. The summed E-state index contributed by atoms with van der Waals surface area (Å²) in [4.78, 5) is 2.53. The number of fused-ring (bicyclic) bond motifs is 1. The number of nitrogens with one attached hydrogen (secondary N) is 1. The fourth-order valence-corrected chi connectivity index (χ4v) is 2.80. The number of rotatable bonds is 4. The molecule has 2 aliphatic rings. The molecule has 0 unspecified atom stereocenters. The van der Waals surface area contributed by atoms with Gasteiger partial charge in [-0.3, -0.25) is 0 Å². The molecule has 19 heavy (non-hydrogen) atoms. The third-order valence-corrected chi connectivity index (χ3v) is 3.98. The zero-order valence-electron chi connectivity index (χ0n) is 11.6. The highest BCUT2D eigenvalue weighted by Crippen LogP contribution is 2.35. The predicted octanol–water partition coefficient (Wildman–Crippen LogP) is 1.43. The smallest absolute Gasteiger partial charge is 0.231 e. The molecule has 1 aromatic carbocycles. The van der Waals surface area contributed by atoms with Crippen molar-refractivity contribution in [3.63, 3.8) is 0 Å². The minimum atomic E-state index is 0.361. The van der Waals surface area contributed by atoms with Gasteiger partial charge < -0.3 is 19.7 Å². The first-order chi connectivity index (χ1) is 9.36. The first kappa shape index (κ1) is 12.8. The summed E-state index contributed by atoms with van der Waals surface area (Å²) in [7, 11) is 0. The second-order valence-corrected chi connectivity index (χ2v) is 5.17. The quantitative estimate of drug-likeness (QED) is 0.890. The molecule has 2 heterocycles. The lowest BCUT2D eigenvalue weighted by Gasteiger charge is -2.27. The topological polar surface area (TPSA) is 33.7 Å². The van der Waals surface area contributed by atoms with E-state index in [-0.39, 0.29) is 0 Å². The van der Waals surface area contributed by atoms with E-state index in [1.807, 2.05) is 0 Å². The van der Waals surface area contributed by atoms with E-state index in [0.29, 0.717) is 6.79 Å². The molecule has 104 valence electrons. The van der Waals surface area contributed by atoms with Crippen LogP contribution in [0.3, 0.4) is 0 Å². The number of benzene rings is 1. The monoisotopic (exact) mass is 262 g/mol. The Balaban J connectivity index is 1.69. The molecule has 0 spiro atoms. The van der Waals surface area contributed by atoms with Gasteiger partial charge >= 0.3 is 0 Å². The predicted molar refractivity (Wildman–Crippen MR) is 75.0 cm³/mol. The maximum absolute atomic E-state index is 5.48. The van der Waals surface area contributed by atoms with Gasteiger partial charge in [0.05, 0.1) is 0 Å². The number of piperazine rings is 1. The molecule has 3 rings (SSSR count). The molecule has 4 nitrogen and oxygen atoms in total. The van der Waals surface area contributed by atoms with Gasteiger partial charge in [0.15, 0.2) is 11.5 Å². The van der Waals surface area contributed by atoms with Crippen LogP contribution in [-0.4, -0.2) is 44.4 Å². The molecule has 0 atom stereocenters. The van der Waals surface area contributed by atoms with E-state index in [4.69, 9.17) is 9.47 Å². The molecule has 1 aromatic rings. The Bertz CT molecular complexity index is 442. The van der Waals surface area contributed by atoms with Gasteiger partial charge in [-0.25, -0.2) is 0 Å². The van der Waals surface area contributed by atoms with E-state index in [0.717, 1.165) is 57.1 Å². The van der Waals surface area contributed by atoms with E-state index < -0.39 is 0 Å². The molecule has 2 aliphatic heterocycles. The lowest BCUT2D eigenvalue weighted by Crippen LogP contribution is -2.44. The Morgan fingerprint density at radius 2 is 1.79 bits per heavy atom. The highest BCUT2D eigenvalue weighted by molar-refractivity contribution is 5.48. The van der Waals surface area contributed by atoms with Crippen LogP contribution in [-0.2, 0) is 12.8 Å². The minimum Gasteiger partial charge on any atom is -0.454 e. The average Bonchev–Trinajstić information content (AvgIpc) is 2.92. The summed E-state index contributed by atoms with van der Waals surface area (Å²) in [6.07, 6.45) is 2.15. The molecule has 1 fully saturated rings. The molecule has 1 saturated heterocycles. The number of nitrogens with zero attached hydrogens (tertiary/aromatic N) is 1. The Morgan fingerprint density at radius 1 is 1.11 bits per heavy atom. The highest BCUT2D eigenvalue weighted by atomic mass is 16.7. The molecular weight excluding hydrogens is 240 g/mol. The molecular formula is C15H22N2O2. The first-order valence-corrected chi connectivity index (χ1v) is 7.21. The van der Waals surface area contributed by atoms with Crippen molar-refractivity contribution >= 4 is 0 Å². The van der Waals surface area contributed by atoms with E-state index in [1.165, 1.54) is 11.1 Å². The van der Waals surface area contributed by atoms with Crippen LogP contribution in [0, 0.1) is 0 Å². The van der Waals surface area contributed by atoms with E-state index in [2.05, 4.69) is 29.3 Å². The molecule has 0 amide bonds. The van der Waals surface area contributed by atoms with Crippen LogP contribution in [0.5, 0.6) is 11.5 Å². The second-order valence-electron chi connectivity index (χ2n) is 5.17. The number of aryl methyl sites for hydroxylation is 1. The molecule has 0 bridgehead atoms. The number of ether oxygens (including phenoxy) is 2. The van der Waals surface area contributed by atoms with Gasteiger partial charge in [-0.1, -0.05) is 6.92 Å². The van der Waals surface area contributed by atoms with Crippen LogP contribution in [0.4, 0.5) is 0 Å². The largest absolute Gasteiger partial charge is 0.454 e. The van der Waals surface area contributed by atoms with Crippen molar-refractivity contribution in [3.8, 4) is 11.5 Å². The second kappa shape index (κ2) is 5.80. The Hall–Kier alpha value is -1.26. The Kier molecular flexibility index (Phi) is 3.89. The summed E-state index contributed by atoms with van der Waals surface area (Å²) in [6, 6.07) is 4.32. The zero-order chi connectivity index (χ0) is 13.1. The van der Waals surface area contributed by atoms with Crippen molar-refractivity contribution in [1.82, 2.24) is 10.2 Å². The lowest BCUT2D eigenvalue weighted by molar-refractivity contribution is 0.174. The highest BCUT2D eigenvalue weighted by Gasteiger charge is 2.17. The van der Waals surface area contributed by atoms with Crippen LogP contribution in [0.2, 0.25) is 0 Å². The lowest BCUT2D eigenvalue weighted by atomic mass is 10.0. The van der Waals surface area contributed by atoms with Crippen molar-refractivity contribution in [2.75, 3.05) is 39.5 Å². The van der Waals surface area contributed by atoms with Crippen molar-refractivity contribution in [1.29, 1.82) is 0 Å². The number of hydrogen-bond donors (Lipinski definition) is 1. The van der Waals surface area contributed by atoms with Crippen molar-refractivity contribution in [2.24, 2.45) is 0 Å². The third-order valence-electron chi connectivity index (χ3n) is 3.98. The minimum absolute atomic E-state index is 0.361. The zero-order valence-corrected chi connectivity index (χ0v) is 11.6. The van der Waals surface area contributed by atoms with Gasteiger partial charge in [-0.05, 0) is 36.1 Å². The number of hydrogen-bond acceptors (Lipinski definition) is 4. The first-order valence-electron chi connectivity index (χ1n) is 7.21. The van der Waals surface area contributed by atoms with E-state index in [1.54, 1.807) is 0 Å². The van der Waals surface area contributed by atoms with Crippen LogP contribution in [0.1, 0.15) is 18.1 Å². The van der Waals surface area contributed by atoms with Crippen molar-refractivity contribution < 1.29 is 9.47 Å². The summed E-state index contributed by atoms with van der Waals surface area (Å²) in [5, 5.41) is 3.39. The van der Waals surface area contributed by atoms with E-state index >= 15 is 0 Å². The standard InChI is InChI=1S/C15H22N2O2/c1-2-12-9-14-15(19-11-18-14)10-13(12)3-6-17-7-4-16-5-8-17/h9-10,16H,2-8,11H2,1H3. The fourth-order valence-electron chi connectivity index (χ4n) is 2.80. The van der Waals surface area contributed by atoms with Crippen LogP contribution >= 0.6 is 0 Å². The molecule has 0 radical (unpaired) electrons. The van der Waals surface area contributed by atoms with Crippen molar-refractivity contribution in [3.05, 3.63) is 23.3 Å². The van der Waals surface area contributed by atoms with Gasteiger partial charge in [0.2, 0.25) is 6.79 Å². The molecule has 1 N–H and O–H groups in total. The molecule has 4 heteroatoms. The third kappa shape index (κ3) is 2.85. The van der Waals surface area contributed by atoms with Gasteiger partial charge in [-0.15, -0.1) is 0 Å². The average molecular weight is 262 g/mol. The van der Waals surface area contributed by atoms with Crippen LogP contribution in [0.25, 0.3) is 0 Å². The summed E-state index contributed by atoms with van der Waals surface area (Å²) >= 11 is 0. The Morgan fingerprint density at radius 3 is 2.47 bits per heavy atom. The fraction of sp³-hybridized carbons (Fsp3) is 0.600. The summed E-state index contributed by atoms with van der Waals surface area (Å²) in [5.74, 6) is 1.82. The Labute approximate surface area is 114 Å². The van der Waals surface area contributed by atoms with Crippen molar-refractivity contribution in [2.45, 2.75) is 19.8 Å². The van der Waals surface area contributed by atoms with Gasteiger partial charge in [0.25, 0.3) is 0 Å². The maximum Gasteiger partial charge on any atom is 0.231 e. The van der Waals surface area contributed by atoms with Gasteiger partial charge in [0.1, 0.15) is 0 Å². The van der Waals surface area contributed by atoms with Crippen LogP contribution < -0.4 is 14.8 Å². The summed E-state index contributed by atoms with van der Waals surface area (Å²) in [6.45, 7) is 8.24. The molecule has 0 aromatic heterocycles. The summed E-state index contributed by atoms with van der Waals surface area (Å²) in [5.41, 5.74) is 2.80. The van der Waals surface area contributed by atoms with Crippen LogP contribution in [0.15, 0.2) is 12.1 Å². The normalized spacial score (nSPS) is 18.8. The maximum atomic E-state index is 5.48. The van der Waals surface area contributed by atoms with Gasteiger partial charge in [0, 0.05) is 32.7 Å². The molecule has 0 aliphatic carbocycles.